The molecule has 0 fully saturated rings. The topological polar surface area (TPSA) is 133 Å². The van der Waals surface area contributed by atoms with E-state index in [2.05, 4.69) is 15.6 Å². The Labute approximate surface area is 116 Å². The number of benzene rings is 1. The van der Waals surface area contributed by atoms with Crippen LogP contribution in [0.15, 0.2) is 30.5 Å². The van der Waals surface area contributed by atoms with Crippen LogP contribution in [-0.4, -0.2) is 40.4 Å². The summed E-state index contributed by atoms with van der Waals surface area (Å²) in [5.74, 6) is -3.47. The molecule has 1 unspecified atom stereocenters. The molecule has 1 aromatic rings. The third-order valence-electron chi connectivity index (χ3n) is 2.07. The number of phenols is 1. The number of phenolic OH excluding ortho intramolecular Hbond substituents is 1. The predicted octanol–water partition coefficient (Wildman–Crippen LogP) is -0.466. The summed E-state index contributed by atoms with van der Waals surface area (Å²) in [6.07, 6.45) is 0. The summed E-state index contributed by atoms with van der Waals surface area (Å²) in [6, 6.07) is 3.39. The molecule has 1 amide bonds. The zero-order valence-electron chi connectivity index (χ0n) is 10.4. The van der Waals surface area contributed by atoms with E-state index in [4.69, 9.17) is 5.11 Å². The van der Waals surface area contributed by atoms with Crippen molar-refractivity contribution in [3.63, 3.8) is 0 Å². The summed E-state index contributed by atoms with van der Waals surface area (Å²) in [5, 5.41) is 20.6. The molecular formula is C11H12AsNO7. The summed E-state index contributed by atoms with van der Waals surface area (Å²) >= 11 is -5.28. The molecule has 0 spiro atoms. The second-order valence-electron chi connectivity index (χ2n) is 3.72. The van der Waals surface area contributed by atoms with Gasteiger partial charge < -0.3 is 0 Å². The standard InChI is InChI=1S/C11H12AsNO7/c1-6(11(16)17)20-12(18,19)9-4-3-8(5-10(9)15)13-7(2)14/h3-5,15H,1H2,2H3,(H,13,14)(H,16,17)(H,18,19). The van der Waals surface area contributed by atoms with Crippen molar-refractivity contribution in [3.05, 3.63) is 30.5 Å². The Balaban J connectivity index is 3.07. The quantitative estimate of drug-likeness (QED) is 0.322. The van der Waals surface area contributed by atoms with Crippen molar-refractivity contribution in [1.82, 2.24) is 0 Å². The van der Waals surface area contributed by atoms with E-state index in [1.54, 1.807) is 0 Å². The first-order valence-electron chi connectivity index (χ1n) is 5.19. The van der Waals surface area contributed by atoms with Crippen LogP contribution in [0.4, 0.5) is 5.69 Å². The molecule has 0 aromatic heterocycles. The van der Waals surface area contributed by atoms with Gasteiger partial charge in [0.2, 0.25) is 0 Å². The average Bonchev–Trinajstić information content (AvgIpc) is 2.26. The van der Waals surface area contributed by atoms with Crippen LogP contribution in [0.25, 0.3) is 0 Å². The molecule has 1 atom stereocenters. The van der Waals surface area contributed by atoms with E-state index in [1.807, 2.05) is 0 Å². The number of hydrogen-bond donors (Lipinski definition) is 4. The Morgan fingerprint density at radius 2 is 2.00 bits per heavy atom. The zero-order chi connectivity index (χ0) is 15.5. The van der Waals surface area contributed by atoms with Crippen molar-refractivity contribution < 1.29 is 31.4 Å². The molecule has 0 radical (unpaired) electrons. The van der Waals surface area contributed by atoms with Gasteiger partial charge in [0.15, 0.2) is 0 Å². The number of carbonyl (C=O) groups excluding carboxylic acids is 1. The van der Waals surface area contributed by atoms with Crippen LogP contribution in [0.2, 0.25) is 0 Å². The number of carboxylic acids is 1. The van der Waals surface area contributed by atoms with Crippen LogP contribution >= 0.6 is 0 Å². The van der Waals surface area contributed by atoms with Crippen molar-refractivity contribution >= 4 is 36.1 Å². The molecule has 8 nitrogen and oxygen atoms in total. The number of anilines is 1. The summed E-state index contributed by atoms with van der Waals surface area (Å²) in [4.78, 5) is 21.3. The van der Waals surface area contributed by atoms with Crippen LogP contribution in [0.1, 0.15) is 6.92 Å². The molecule has 0 saturated heterocycles. The second-order valence-corrected chi connectivity index (χ2v) is 7.30. The van der Waals surface area contributed by atoms with Crippen molar-refractivity contribution in [2.75, 3.05) is 5.32 Å². The van der Waals surface area contributed by atoms with Crippen LogP contribution < -0.4 is 9.67 Å². The van der Waals surface area contributed by atoms with E-state index < -0.39 is 36.0 Å². The van der Waals surface area contributed by atoms with Gasteiger partial charge in [0.05, 0.1) is 0 Å². The van der Waals surface area contributed by atoms with Gasteiger partial charge in [0, 0.05) is 0 Å². The van der Waals surface area contributed by atoms with Crippen LogP contribution in [0.5, 0.6) is 5.75 Å². The molecule has 1 rings (SSSR count). The molecular weight excluding hydrogens is 333 g/mol. The van der Waals surface area contributed by atoms with E-state index in [9.17, 15) is 22.5 Å². The van der Waals surface area contributed by atoms with E-state index in [0.717, 1.165) is 12.1 Å². The van der Waals surface area contributed by atoms with Gasteiger partial charge in [-0.3, -0.25) is 0 Å². The number of aromatic hydroxyl groups is 1. The third kappa shape index (κ3) is 3.91. The fourth-order valence-corrected chi connectivity index (χ4v) is 3.57. The van der Waals surface area contributed by atoms with E-state index in [1.165, 1.54) is 13.0 Å². The van der Waals surface area contributed by atoms with Gasteiger partial charge >= 0.3 is 116 Å². The fourth-order valence-electron chi connectivity index (χ4n) is 1.28. The van der Waals surface area contributed by atoms with Gasteiger partial charge in [-0.05, 0) is 0 Å². The molecule has 0 heterocycles. The number of nitrogens with one attached hydrogen (secondary N) is 1. The molecule has 0 aliphatic heterocycles. The summed E-state index contributed by atoms with van der Waals surface area (Å²) < 4.78 is 25.6. The number of amides is 1. The average molecular weight is 345 g/mol. The number of hydrogen-bond acceptors (Lipinski definition) is 5. The molecule has 4 N–H and O–H groups in total. The van der Waals surface area contributed by atoms with Crippen LogP contribution in [-0.2, 0) is 17.1 Å². The Morgan fingerprint density at radius 1 is 1.40 bits per heavy atom. The van der Waals surface area contributed by atoms with Crippen molar-refractivity contribution in [2.24, 2.45) is 0 Å². The normalized spacial score (nSPS) is 13.1. The molecule has 0 aliphatic rings. The summed E-state index contributed by atoms with van der Waals surface area (Å²) in [7, 11) is 0. The zero-order valence-corrected chi connectivity index (χ0v) is 12.2. The number of carbonyl (C=O) groups is 2. The van der Waals surface area contributed by atoms with Gasteiger partial charge in [0.1, 0.15) is 0 Å². The van der Waals surface area contributed by atoms with Gasteiger partial charge in [-0.25, -0.2) is 0 Å². The monoisotopic (exact) mass is 345 g/mol. The molecule has 20 heavy (non-hydrogen) atoms. The number of carboxylic acid groups (broad SMARTS) is 1. The molecule has 0 saturated carbocycles. The molecule has 0 bridgehead atoms. The number of aliphatic carboxylic acids is 1. The Morgan fingerprint density at radius 3 is 2.45 bits per heavy atom. The van der Waals surface area contributed by atoms with Gasteiger partial charge in [-0.1, -0.05) is 0 Å². The first-order chi connectivity index (χ1) is 9.13. The SMILES string of the molecule is C=C(O[As](=O)(O)c1ccc(NC(C)=O)cc1O)C(=O)O. The van der Waals surface area contributed by atoms with Gasteiger partial charge in [0.25, 0.3) is 0 Å². The first kappa shape index (κ1) is 15.9. The van der Waals surface area contributed by atoms with Crippen LogP contribution in [0, 0.1) is 0 Å². The summed E-state index contributed by atoms with van der Waals surface area (Å²) in [6.45, 7) is 4.23. The van der Waals surface area contributed by atoms with Crippen molar-refractivity contribution in [1.29, 1.82) is 0 Å². The van der Waals surface area contributed by atoms with Crippen molar-refractivity contribution in [2.45, 2.75) is 6.92 Å². The molecule has 108 valence electrons. The molecule has 0 aliphatic carbocycles. The van der Waals surface area contributed by atoms with E-state index >= 15 is 0 Å². The van der Waals surface area contributed by atoms with Gasteiger partial charge in [-0.15, -0.1) is 0 Å². The fraction of sp³-hybridized carbons (Fsp3) is 0.0909. The maximum atomic E-state index is 11.9. The van der Waals surface area contributed by atoms with Gasteiger partial charge in [-0.2, -0.15) is 0 Å². The van der Waals surface area contributed by atoms with Crippen LogP contribution in [0.3, 0.4) is 0 Å². The maximum absolute atomic E-state index is 11.9. The van der Waals surface area contributed by atoms with E-state index in [-0.39, 0.29) is 11.6 Å². The Hall–Kier alpha value is -2.18. The first-order valence-corrected chi connectivity index (χ1v) is 8.50. The second kappa shape index (κ2) is 5.85. The Bertz CT molecular complexity index is 625. The minimum atomic E-state index is -5.28. The molecule has 1 aromatic carbocycles. The Kier molecular flexibility index (Phi) is 4.64. The van der Waals surface area contributed by atoms with E-state index in [0.29, 0.717) is 0 Å². The summed E-state index contributed by atoms with van der Waals surface area (Å²) in [5.41, 5.74) is 0.214. The minimum absolute atomic E-state index is 0.214. The molecule has 9 heteroatoms. The predicted molar refractivity (Wildman–Crippen MR) is 68.6 cm³/mol. The van der Waals surface area contributed by atoms with Crippen molar-refractivity contribution in [3.8, 4) is 5.75 Å². The number of rotatable bonds is 5. The third-order valence-corrected chi connectivity index (χ3v) is 5.13.